The largest absolute Gasteiger partial charge is 0.497 e. The number of nitrogens with one attached hydrogen (secondary N) is 1. The molecule has 1 aromatic heterocycles. The molecule has 0 saturated heterocycles. The molecule has 0 aliphatic rings. The molecule has 1 heterocycles. The van der Waals surface area contributed by atoms with Gasteiger partial charge in [-0.15, -0.1) is 0 Å². The van der Waals surface area contributed by atoms with E-state index in [-0.39, 0.29) is 11.7 Å². The topological polar surface area (TPSA) is 51.0 Å². The van der Waals surface area contributed by atoms with Crippen LogP contribution in [-0.2, 0) is 6.42 Å². The summed E-state index contributed by atoms with van der Waals surface area (Å²) in [5.41, 5.74) is 9.11. The second kappa shape index (κ2) is 6.20. The third kappa shape index (κ3) is 2.83. The molecule has 22 heavy (non-hydrogen) atoms. The highest BCUT2D eigenvalue weighted by atomic mass is 19.1. The number of methoxy groups -OCH3 is 1. The van der Waals surface area contributed by atoms with Crippen LogP contribution in [0.25, 0.3) is 10.9 Å². The molecule has 0 radical (unpaired) electrons. The molecule has 0 amide bonds. The van der Waals surface area contributed by atoms with Crippen LogP contribution >= 0.6 is 0 Å². The molecule has 1 unspecified atom stereocenters. The van der Waals surface area contributed by atoms with Crippen molar-refractivity contribution >= 4 is 10.9 Å². The minimum atomic E-state index is -0.231. The zero-order valence-electron chi connectivity index (χ0n) is 12.5. The van der Waals surface area contributed by atoms with Gasteiger partial charge in [0.15, 0.2) is 0 Å². The summed E-state index contributed by atoms with van der Waals surface area (Å²) < 4.78 is 18.8. The van der Waals surface area contributed by atoms with Crippen molar-refractivity contribution < 1.29 is 9.13 Å². The summed E-state index contributed by atoms with van der Waals surface area (Å²) >= 11 is 0. The van der Waals surface area contributed by atoms with E-state index in [0.29, 0.717) is 6.54 Å². The summed E-state index contributed by atoms with van der Waals surface area (Å²) in [6.07, 6.45) is 2.72. The SMILES string of the molecule is COc1cccc(CC(CN)c2c[nH]c3ccc(F)cc23)c1. The van der Waals surface area contributed by atoms with Gasteiger partial charge in [0.05, 0.1) is 7.11 Å². The van der Waals surface area contributed by atoms with Crippen LogP contribution in [0.5, 0.6) is 5.75 Å². The fourth-order valence-electron chi connectivity index (χ4n) is 2.86. The maximum absolute atomic E-state index is 13.5. The number of benzene rings is 2. The van der Waals surface area contributed by atoms with Crippen LogP contribution in [0.1, 0.15) is 17.0 Å². The van der Waals surface area contributed by atoms with Crippen molar-refractivity contribution in [1.29, 1.82) is 0 Å². The van der Waals surface area contributed by atoms with Crippen molar-refractivity contribution in [3.8, 4) is 5.75 Å². The summed E-state index contributed by atoms with van der Waals surface area (Å²) in [6, 6.07) is 12.7. The van der Waals surface area contributed by atoms with Gasteiger partial charge in [-0.2, -0.15) is 0 Å². The quantitative estimate of drug-likeness (QED) is 0.756. The average Bonchev–Trinajstić information content (AvgIpc) is 2.95. The number of rotatable bonds is 5. The first kappa shape index (κ1) is 14.6. The number of halogens is 1. The van der Waals surface area contributed by atoms with Gasteiger partial charge in [0.25, 0.3) is 0 Å². The zero-order chi connectivity index (χ0) is 15.5. The third-order valence-corrected chi connectivity index (χ3v) is 4.02. The minimum absolute atomic E-state index is 0.127. The fraction of sp³-hybridized carbons (Fsp3) is 0.222. The highest BCUT2D eigenvalue weighted by Crippen LogP contribution is 2.29. The summed E-state index contributed by atoms with van der Waals surface area (Å²) in [6.45, 7) is 0.501. The smallest absolute Gasteiger partial charge is 0.123 e. The van der Waals surface area contributed by atoms with E-state index in [4.69, 9.17) is 10.5 Å². The minimum Gasteiger partial charge on any atom is -0.497 e. The Labute approximate surface area is 128 Å². The number of hydrogen-bond acceptors (Lipinski definition) is 2. The molecule has 114 valence electrons. The monoisotopic (exact) mass is 298 g/mol. The molecule has 3 N–H and O–H groups in total. The first-order valence-electron chi connectivity index (χ1n) is 7.31. The molecule has 0 aliphatic heterocycles. The van der Waals surface area contributed by atoms with Crippen LogP contribution in [-0.4, -0.2) is 18.6 Å². The zero-order valence-corrected chi connectivity index (χ0v) is 12.5. The summed E-state index contributed by atoms with van der Waals surface area (Å²) in [7, 11) is 1.65. The van der Waals surface area contributed by atoms with Crippen LogP contribution in [0.15, 0.2) is 48.7 Å². The maximum atomic E-state index is 13.5. The number of ether oxygens (including phenoxy) is 1. The Balaban J connectivity index is 1.94. The molecule has 4 heteroatoms. The lowest BCUT2D eigenvalue weighted by molar-refractivity contribution is 0.414. The normalized spacial score (nSPS) is 12.5. The van der Waals surface area contributed by atoms with E-state index in [1.807, 2.05) is 24.4 Å². The van der Waals surface area contributed by atoms with Crippen LogP contribution in [0, 0.1) is 5.82 Å². The molecular formula is C18H19FN2O. The van der Waals surface area contributed by atoms with Crippen LogP contribution in [0.3, 0.4) is 0 Å². The molecule has 2 aromatic carbocycles. The van der Waals surface area contributed by atoms with Gasteiger partial charge >= 0.3 is 0 Å². The lowest BCUT2D eigenvalue weighted by atomic mass is 9.91. The predicted molar refractivity (Wildman–Crippen MR) is 86.8 cm³/mol. The Kier molecular flexibility index (Phi) is 4.11. The Morgan fingerprint density at radius 1 is 1.23 bits per heavy atom. The Hall–Kier alpha value is -2.33. The van der Waals surface area contributed by atoms with Gasteiger partial charge in [0.2, 0.25) is 0 Å². The van der Waals surface area contributed by atoms with Crippen molar-refractivity contribution in [3.05, 3.63) is 65.6 Å². The van der Waals surface area contributed by atoms with Gasteiger partial charge in [-0.1, -0.05) is 12.1 Å². The highest BCUT2D eigenvalue weighted by Gasteiger charge is 2.16. The van der Waals surface area contributed by atoms with E-state index in [9.17, 15) is 4.39 Å². The van der Waals surface area contributed by atoms with E-state index in [1.54, 1.807) is 19.2 Å². The third-order valence-electron chi connectivity index (χ3n) is 4.02. The lowest BCUT2D eigenvalue weighted by Crippen LogP contribution is -2.14. The molecule has 0 fully saturated rings. The predicted octanol–water partition coefficient (Wildman–Crippen LogP) is 3.60. The number of fused-ring (bicyclic) bond motifs is 1. The highest BCUT2D eigenvalue weighted by molar-refractivity contribution is 5.83. The molecule has 0 saturated carbocycles. The average molecular weight is 298 g/mol. The molecule has 3 rings (SSSR count). The molecular weight excluding hydrogens is 279 g/mol. The first-order chi connectivity index (χ1) is 10.7. The second-order valence-corrected chi connectivity index (χ2v) is 5.42. The summed E-state index contributed by atoms with van der Waals surface area (Å²) in [4.78, 5) is 3.19. The molecule has 3 nitrogen and oxygen atoms in total. The van der Waals surface area contributed by atoms with Gasteiger partial charge in [0.1, 0.15) is 11.6 Å². The van der Waals surface area contributed by atoms with Crippen molar-refractivity contribution in [2.75, 3.05) is 13.7 Å². The number of nitrogens with two attached hydrogens (primary N) is 1. The lowest BCUT2D eigenvalue weighted by Gasteiger charge is -2.15. The van der Waals surface area contributed by atoms with Crippen LogP contribution in [0.4, 0.5) is 4.39 Å². The van der Waals surface area contributed by atoms with E-state index >= 15 is 0 Å². The summed E-state index contributed by atoms with van der Waals surface area (Å²) in [5, 5.41) is 0.901. The molecule has 0 aliphatic carbocycles. The molecule has 3 aromatic rings. The van der Waals surface area contributed by atoms with Crippen molar-refractivity contribution in [2.45, 2.75) is 12.3 Å². The van der Waals surface area contributed by atoms with Gasteiger partial charge in [-0.3, -0.25) is 0 Å². The number of hydrogen-bond donors (Lipinski definition) is 2. The molecule has 0 bridgehead atoms. The number of H-pyrrole nitrogens is 1. The van der Waals surface area contributed by atoms with Crippen LogP contribution < -0.4 is 10.5 Å². The standard InChI is InChI=1S/C18H19FN2O/c1-22-15-4-2-3-12(8-15)7-13(10-20)17-11-21-18-6-5-14(19)9-16(17)18/h2-6,8-9,11,13,21H,7,10,20H2,1H3. The van der Waals surface area contributed by atoms with Gasteiger partial charge < -0.3 is 15.5 Å². The summed E-state index contributed by atoms with van der Waals surface area (Å²) in [5.74, 6) is 0.728. The fourth-order valence-corrected chi connectivity index (χ4v) is 2.86. The molecule has 1 atom stereocenters. The van der Waals surface area contributed by atoms with E-state index < -0.39 is 0 Å². The second-order valence-electron chi connectivity index (χ2n) is 5.42. The number of aromatic nitrogens is 1. The van der Waals surface area contributed by atoms with Gasteiger partial charge in [-0.05, 0) is 54.4 Å². The molecule has 0 spiro atoms. The van der Waals surface area contributed by atoms with Crippen LogP contribution in [0.2, 0.25) is 0 Å². The van der Waals surface area contributed by atoms with E-state index in [0.717, 1.165) is 34.2 Å². The van der Waals surface area contributed by atoms with Crippen molar-refractivity contribution in [3.63, 3.8) is 0 Å². The van der Waals surface area contributed by atoms with Crippen molar-refractivity contribution in [1.82, 2.24) is 4.98 Å². The maximum Gasteiger partial charge on any atom is 0.123 e. The van der Waals surface area contributed by atoms with Crippen molar-refractivity contribution in [2.24, 2.45) is 5.73 Å². The Morgan fingerprint density at radius 2 is 2.09 bits per heavy atom. The Morgan fingerprint density at radius 3 is 2.86 bits per heavy atom. The van der Waals surface area contributed by atoms with E-state index in [2.05, 4.69) is 11.1 Å². The van der Waals surface area contributed by atoms with E-state index in [1.165, 1.54) is 6.07 Å². The van der Waals surface area contributed by atoms with Gasteiger partial charge in [-0.25, -0.2) is 4.39 Å². The number of aromatic amines is 1. The van der Waals surface area contributed by atoms with Gasteiger partial charge in [0, 0.05) is 23.0 Å². The Bertz CT molecular complexity index is 782. The first-order valence-corrected chi connectivity index (χ1v) is 7.31.